The molecule has 0 spiro atoms. The van der Waals surface area contributed by atoms with Crippen molar-refractivity contribution in [2.75, 3.05) is 0 Å². The van der Waals surface area contributed by atoms with Crippen LogP contribution in [0.4, 0.5) is 0 Å². The lowest BCUT2D eigenvalue weighted by Crippen LogP contribution is -1.99. The minimum atomic E-state index is -4.17. The van der Waals surface area contributed by atoms with Crippen LogP contribution in [0.5, 0.6) is 11.5 Å². The Balaban J connectivity index is 0.000000290. The average molecular weight is 370 g/mol. The molecule has 3 aromatic rings. The Bertz CT molecular complexity index is 792. The molecule has 3 rings (SSSR count). The van der Waals surface area contributed by atoms with E-state index in [1.807, 2.05) is 32.0 Å². The second kappa shape index (κ2) is 9.23. The van der Waals surface area contributed by atoms with Gasteiger partial charge in [0, 0.05) is 0 Å². The molecule has 0 unspecified atom stereocenters. The second-order valence-corrected chi connectivity index (χ2v) is 7.23. The number of aryl methyl sites for hydroxylation is 3. The van der Waals surface area contributed by atoms with Crippen LogP contribution in [0.25, 0.3) is 0 Å². The number of rotatable bonds is 4. The molecule has 0 saturated heterocycles. The molecule has 1 N–H and O–H groups in total. The molecule has 0 aromatic heterocycles. The maximum atomic E-state index is 11.8. The van der Waals surface area contributed by atoms with Gasteiger partial charge in [0.15, 0.2) is 0 Å². The Kier molecular flexibility index (Phi) is 7.02. The summed E-state index contributed by atoms with van der Waals surface area (Å²) in [4.78, 5) is 9.67. The molecule has 0 aliphatic rings. The van der Waals surface area contributed by atoms with Gasteiger partial charge >= 0.3 is 7.82 Å². The summed E-state index contributed by atoms with van der Waals surface area (Å²) < 4.78 is 21.8. The first-order chi connectivity index (χ1) is 12.3. The van der Waals surface area contributed by atoms with Crippen LogP contribution < -0.4 is 9.05 Å². The highest BCUT2D eigenvalue weighted by Crippen LogP contribution is 2.44. The predicted octanol–water partition coefficient (Wildman–Crippen LogP) is 5.86. The fourth-order valence-electron chi connectivity index (χ4n) is 2.02. The van der Waals surface area contributed by atoms with Gasteiger partial charge in [0.05, 0.1) is 0 Å². The highest BCUT2D eigenvalue weighted by molar-refractivity contribution is 7.48. The van der Waals surface area contributed by atoms with Crippen molar-refractivity contribution < 1.29 is 18.5 Å². The number of phosphoric ester groups is 1. The first-order valence-corrected chi connectivity index (χ1v) is 9.70. The van der Waals surface area contributed by atoms with Gasteiger partial charge in [-0.1, -0.05) is 71.3 Å². The summed E-state index contributed by atoms with van der Waals surface area (Å²) in [7, 11) is -4.17. The summed E-state index contributed by atoms with van der Waals surface area (Å²) in [6, 6.07) is 23.9. The molecule has 26 heavy (non-hydrogen) atoms. The van der Waals surface area contributed by atoms with E-state index in [0.29, 0.717) is 11.5 Å². The van der Waals surface area contributed by atoms with E-state index in [2.05, 4.69) is 19.1 Å². The molecule has 0 atom stereocenters. The standard InChI is InChI=1S/C14H15O4P.C7H8/c1-11-3-7-13(8-4-11)17-19(15,16)18-14-9-5-12(2)6-10-14;1-7-5-3-2-4-6-7/h3-10H,1-2H3,(H,15,16);2-6H,1H3. The molecule has 0 saturated carbocycles. The highest BCUT2D eigenvalue weighted by atomic mass is 31.2. The van der Waals surface area contributed by atoms with Crippen molar-refractivity contribution in [2.45, 2.75) is 20.8 Å². The van der Waals surface area contributed by atoms with Crippen LogP contribution >= 0.6 is 7.82 Å². The zero-order chi connectivity index (χ0) is 19.0. The Morgan fingerprint density at radius 3 is 1.27 bits per heavy atom. The van der Waals surface area contributed by atoms with Gasteiger partial charge in [-0.3, -0.25) is 4.89 Å². The molecule has 0 aliphatic heterocycles. The number of hydrogen-bond donors (Lipinski definition) is 1. The molecule has 0 bridgehead atoms. The van der Waals surface area contributed by atoms with Crippen LogP contribution in [0.3, 0.4) is 0 Å². The smallest absolute Gasteiger partial charge is 0.395 e. The predicted molar refractivity (Wildman–Crippen MR) is 105 cm³/mol. The zero-order valence-electron chi connectivity index (χ0n) is 15.1. The molecule has 0 fully saturated rings. The molecule has 5 heteroatoms. The van der Waals surface area contributed by atoms with Crippen molar-refractivity contribution in [2.24, 2.45) is 0 Å². The van der Waals surface area contributed by atoms with Crippen molar-refractivity contribution >= 4 is 7.82 Å². The molecule has 0 heterocycles. The van der Waals surface area contributed by atoms with Crippen LogP contribution in [-0.2, 0) is 4.57 Å². The summed E-state index contributed by atoms with van der Waals surface area (Å²) in [6.07, 6.45) is 0. The van der Waals surface area contributed by atoms with Gasteiger partial charge in [0.1, 0.15) is 11.5 Å². The third-order valence-corrected chi connectivity index (χ3v) is 4.31. The van der Waals surface area contributed by atoms with Crippen LogP contribution in [-0.4, -0.2) is 4.89 Å². The van der Waals surface area contributed by atoms with E-state index in [4.69, 9.17) is 9.05 Å². The molecular weight excluding hydrogens is 347 g/mol. The lowest BCUT2D eigenvalue weighted by molar-refractivity contribution is 0.291. The zero-order valence-corrected chi connectivity index (χ0v) is 16.0. The highest BCUT2D eigenvalue weighted by Gasteiger charge is 2.24. The summed E-state index contributed by atoms with van der Waals surface area (Å²) >= 11 is 0. The Morgan fingerprint density at radius 2 is 0.962 bits per heavy atom. The molecule has 136 valence electrons. The van der Waals surface area contributed by atoms with Gasteiger partial charge in [-0.2, -0.15) is 0 Å². The normalized spacial score (nSPS) is 10.5. The van der Waals surface area contributed by atoms with Gasteiger partial charge in [0.25, 0.3) is 0 Å². The molecule has 3 aromatic carbocycles. The maximum Gasteiger partial charge on any atom is 0.584 e. The average Bonchev–Trinajstić information content (AvgIpc) is 2.60. The van der Waals surface area contributed by atoms with Crippen molar-refractivity contribution in [1.82, 2.24) is 0 Å². The van der Waals surface area contributed by atoms with Gasteiger partial charge in [-0.25, -0.2) is 4.57 Å². The summed E-state index contributed by atoms with van der Waals surface area (Å²) in [5, 5.41) is 0. The van der Waals surface area contributed by atoms with E-state index in [1.165, 1.54) is 5.56 Å². The minimum absolute atomic E-state index is 0.295. The topological polar surface area (TPSA) is 55.8 Å². The molecule has 0 amide bonds. The Morgan fingerprint density at radius 1 is 0.615 bits per heavy atom. The van der Waals surface area contributed by atoms with Crippen molar-refractivity contribution in [3.8, 4) is 11.5 Å². The van der Waals surface area contributed by atoms with Gasteiger partial charge in [-0.05, 0) is 45.0 Å². The fraction of sp³-hybridized carbons (Fsp3) is 0.143. The minimum Gasteiger partial charge on any atom is -0.395 e. The van der Waals surface area contributed by atoms with E-state index in [9.17, 15) is 9.46 Å². The quantitative estimate of drug-likeness (QED) is 0.585. The van der Waals surface area contributed by atoms with Crippen LogP contribution in [0.1, 0.15) is 16.7 Å². The molecule has 0 aliphatic carbocycles. The van der Waals surface area contributed by atoms with Crippen molar-refractivity contribution in [1.29, 1.82) is 0 Å². The molecule has 0 radical (unpaired) electrons. The third-order valence-electron chi connectivity index (χ3n) is 3.42. The summed E-state index contributed by atoms with van der Waals surface area (Å²) in [5.41, 5.74) is 3.40. The van der Waals surface area contributed by atoms with Gasteiger partial charge in [0.2, 0.25) is 0 Å². The van der Waals surface area contributed by atoms with E-state index in [-0.39, 0.29) is 0 Å². The van der Waals surface area contributed by atoms with Gasteiger partial charge < -0.3 is 9.05 Å². The van der Waals surface area contributed by atoms with Crippen LogP contribution in [0.15, 0.2) is 78.9 Å². The van der Waals surface area contributed by atoms with E-state index in [1.54, 1.807) is 48.5 Å². The lowest BCUT2D eigenvalue weighted by atomic mass is 10.2. The number of benzene rings is 3. The summed E-state index contributed by atoms with van der Waals surface area (Å²) in [6.45, 7) is 5.93. The number of phosphoric acid groups is 1. The van der Waals surface area contributed by atoms with E-state index >= 15 is 0 Å². The van der Waals surface area contributed by atoms with E-state index in [0.717, 1.165) is 11.1 Å². The summed E-state index contributed by atoms with van der Waals surface area (Å²) in [5.74, 6) is 0.590. The van der Waals surface area contributed by atoms with Gasteiger partial charge in [-0.15, -0.1) is 0 Å². The SMILES string of the molecule is Cc1ccc(OP(=O)(O)Oc2ccc(C)cc2)cc1.Cc1ccccc1. The fourth-order valence-corrected chi connectivity index (χ4v) is 2.83. The van der Waals surface area contributed by atoms with Crippen LogP contribution in [0.2, 0.25) is 0 Å². The number of hydrogen-bond acceptors (Lipinski definition) is 3. The van der Waals surface area contributed by atoms with Crippen molar-refractivity contribution in [3.63, 3.8) is 0 Å². The largest absolute Gasteiger partial charge is 0.584 e. The second-order valence-electron chi connectivity index (χ2n) is 5.93. The Labute approximate surface area is 154 Å². The first kappa shape index (κ1) is 19.8. The van der Waals surface area contributed by atoms with Crippen LogP contribution in [0, 0.1) is 20.8 Å². The monoisotopic (exact) mass is 370 g/mol. The van der Waals surface area contributed by atoms with E-state index < -0.39 is 7.82 Å². The van der Waals surface area contributed by atoms with Crippen molar-refractivity contribution in [3.05, 3.63) is 95.6 Å². The molecule has 4 nitrogen and oxygen atoms in total. The molecular formula is C21H23O4P. The Hall–Kier alpha value is -2.55. The lowest BCUT2D eigenvalue weighted by Gasteiger charge is -2.13. The maximum absolute atomic E-state index is 11.8. The third kappa shape index (κ3) is 7.14. The first-order valence-electron chi connectivity index (χ1n) is 8.21.